The summed E-state index contributed by atoms with van der Waals surface area (Å²) in [5.74, 6) is 1.83. The molecule has 4 heterocycles. The minimum Gasteiger partial charge on any atom is -0.456 e. The molecule has 0 atom stereocenters. The summed E-state index contributed by atoms with van der Waals surface area (Å²) in [4.78, 5) is 15.8. The molecule has 55 heavy (non-hydrogen) atoms. The summed E-state index contributed by atoms with van der Waals surface area (Å²) in [5, 5.41) is 8.81. The van der Waals surface area contributed by atoms with Crippen molar-refractivity contribution in [3.05, 3.63) is 164 Å². The molecule has 0 saturated carbocycles. The average molecular weight is 722 g/mol. The molecule has 0 bridgehead atoms. The molecule has 12 aromatic rings. The molecule has 12 rings (SSSR count). The number of para-hydroxylation sites is 2. The molecule has 6 heteroatoms. The van der Waals surface area contributed by atoms with E-state index in [2.05, 4.69) is 127 Å². The van der Waals surface area contributed by atoms with Crippen LogP contribution in [0.1, 0.15) is 0 Å². The van der Waals surface area contributed by atoms with Crippen LogP contribution in [-0.4, -0.2) is 15.0 Å². The van der Waals surface area contributed by atoms with Crippen LogP contribution in [-0.2, 0) is 0 Å². The van der Waals surface area contributed by atoms with Gasteiger partial charge >= 0.3 is 0 Å². The lowest BCUT2D eigenvalue weighted by atomic mass is 9.95. The summed E-state index contributed by atoms with van der Waals surface area (Å²) >= 11 is 1.77. The summed E-state index contributed by atoms with van der Waals surface area (Å²) in [6.45, 7) is 0. The number of rotatable bonds is 4. The highest BCUT2D eigenvalue weighted by atomic mass is 32.1. The van der Waals surface area contributed by atoms with Crippen molar-refractivity contribution in [3.63, 3.8) is 0 Å². The zero-order valence-electron chi connectivity index (χ0n) is 29.2. The Morgan fingerprint density at radius 2 is 1.00 bits per heavy atom. The maximum atomic E-state index is 6.81. The molecule has 0 radical (unpaired) electrons. The number of fused-ring (bicyclic) bond motifs is 10. The van der Waals surface area contributed by atoms with Gasteiger partial charge in [-0.05, 0) is 64.9 Å². The van der Waals surface area contributed by atoms with Crippen LogP contribution < -0.4 is 0 Å². The Morgan fingerprint density at radius 1 is 0.382 bits per heavy atom. The predicted octanol–water partition coefficient (Wildman–Crippen LogP) is 13.9. The summed E-state index contributed by atoms with van der Waals surface area (Å²) in [6, 6.07) is 56.7. The van der Waals surface area contributed by atoms with Gasteiger partial charge in [0.2, 0.25) is 0 Å². The molecule has 0 aliphatic carbocycles. The molecule has 256 valence electrons. The van der Waals surface area contributed by atoms with E-state index in [1.54, 1.807) is 11.3 Å². The van der Waals surface area contributed by atoms with Gasteiger partial charge < -0.3 is 8.83 Å². The van der Waals surface area contributed by atoms with E-state index in [0.717, 1.165) is 81.8 Å². The van der Waals surface area contributed by atoms with Crippen LogP contribution in [0.25, 0.3) is 120 Å². The van der Waals surface area contributed by atoms with Crippen LogP contribution in [0.4, 0.5) is 0 Å². The fraction of sp³-hybridized carbons (Fsp3) is 0. The van der Waals surface area contributed by atoms with E-state index in [1.165, 1.54) is 20.9 Å². The monoisotopic (exact) mass is 721 g/mol. The van der Waals surface area contributed by atoms with Gasteiger partial charge in [-0.3, -0.25) is 0 Å². The molecular weight excluding hydrogens is 695 g/mol. The van der Waals surface area contributed by atoms with E-state index in [9.17, 15) is 0 Å². The van der Waals surface area contributed by atoms with Crippen molar-refractivity contribution in [2.24, 2.45) is 0 Å². The van der Waals surface area contributed by atoms with Crippen LogP contribution in [0.3, 0.4) is 0 Å². The molecule has 0 aliphatic rings. The summed E-state index contributed by atoms with van der Waals surface area (Å²) in [5.41, 5.74) is 8.07. The van der Waals surface area contributed by atoms with Crippen molar-refractivity contribution in [1.29, 1.82) is 0 Å². The van der Waals surface area contributed by atoms with Crippen LogP contribution in [0.2, 0.25) is 0 Å². The first kappa shape index (κ1) is 30.3. The van der Waals surface area contributed by atoms with Gasteiger partial charge in [-0.25, -0.2) is 15.0 Å². The number of benzene rings is 8. The van der Waals surface area contributed by atoms with Crippen LogP contribution in [0.5, 0.6) is 0 Å². The van der Waals surface area contributed by atoms with E-state index in [0.29, 0.717) is 17.5 Å². The topological polar surface area (TPSA) is 65.0 Å². The molecule has 0 saturated heterocycles. The molecule has 0 spiro atoms. The van der Waals surface area contributed by atoms with Crippen molar-refractivity contribution in [2.45, 2.75) is 0 Å². The summed E-state index contributed by atoms with van der Waals surface area (Å²) in [6.07, 6.45) is 0. The summed E-state index contributed by atoms with van der Waals surface area (Å²) in [7, 11) is 0. The lowest BCUT2D eigenvalue weighted by molar-refractivity contribution is 0.668. The smallest absolute Gasteiger partial charge is 0.165 e. The Bertz CT molecular complexity index is 3520. The standard InChI is InChI=1S/C49H27N3O2S/c1-2-12-29-27-30(24-23-28(29)11-1)47-50-48(52-49(51-47)38-18-9-17-34-31-13-5-8-22-42(31)55-46(34)38)37-26-25-33(45-44(37)36-15-4-7-20-40(36)54-45)32-16-10-21-41-43(32)35-14-3-6-19-39(35)53-41/h1-27H. The van der Waals surface area contributed by atoms with Gasteiger partial charge in [0.05, 0.1) is 0 Å². The van der Waals surface area contributed by atoms with Gasteiger partial charge in [-0.15, -0.1) is 11.3 Å². The highest BCUT2D eigenvalue weighted by Crippen LogP contribution is 2.45. The van der Waals surface area contributed by atoms with Crippen LogP contribution in [0, 0.1) is 0 Å². The van der Waals surface area contributed by atoms with Gasteiger partial charge in [0, 0.05) is 64.0 Å². The third-order valence-electron chi connectivity index (χ3n) is 10.7. The molecular formula is C49H27N3O2S. The minimum atomic E-state index is 0.585. The molecule has 5 nitrogen and oxygen atoms in total. The molecule has 4 aromatic heterocycles. The van der Waals surface area contributed by atoms with E-state index in [-0.39, 0.29) is 0 Å². The van der Waals surface area contributed by atoms with Crippen molar-refractivity contribution in [1.82, 2.24) is 15.0 Å². The number of hydrogen-bond acceptors (Lipinski definition) is 6. The molecule has 0 fully saturated rings. The quantitative estimate of drug-likeness (QED) is 0.181. The Morgan fingerprint density at radius 3 is 1.87 bits per heavy atom. The predicted molar refractivity (Wildman–Crippen MR) is 227 cm³/mol. The lowest BCUT2D eigenvalue weighted by Crippen LogP contribution is -2.01. The molecule has 0 amide bonds. The highest BCUT2D eigenvalue weighted by molar-refractivity contribution is 7.26. The Kier molecular flexibility index (Phi) is 6.44. The normalized spacial score (nSPS) is 12.0. The molecule has 8 aromatic carbocycles. The van der Waals surface area contributed by atoms with Crippen molar-refractivity contribution in [2.75, 3.05) is 0 Å². The fourth-order valence-electron chi connectivity index (χ4n) is 8.22. The second-order valence-corrected chi connectivity index (χ2v) is 14.9. The number of hydrogen-bond donors (Lipinski definition) is 0. The fourth-order valence-corrected chi connectivity index (χ4v) is 9.44. The largest absolute Gasteiger partial charge is 0.456 e. The van der Waals surface area contributed by atoms with Crippen LogP contribution in [0.15, 0.2) is 173 Å². The highest BCUT2D eigenvalue weighted by Gasteiger charge is 2.23. The second kappa shape index (κ2) is 11.7. The minimum absolute atomic E-state index is 0.585. The maximum absolute atomic E-state index is 6.81. The number of furan rings is 2. The average Bonchev–Trinajstić information content (AvgIpc) is 3.95. The maximum Gasteiger partial charge on any atom is 0.165 e. The van der Waals surface area contributed by atoms with Gasteiger partial charge in [0.25, 0.3) is 0 Å². The first-order valence-electron chi connectivity index (χ1n) is 18.3. The lowest BCUT2D eigenvalue weighted by Gasteiger charge is -2.12. The second-order valence-electron chi connectivity index (χ2n) is 13.9. The van der Waals surface area contributed by atoms with E-state index >= 15 is 0 Å². The third-order valence-corrected chi connectivity index (χ3v) is 12.0. The molecule has 0 aliphatic heterocycles. The Balaban J connectivity index is 1.15. The Labute approximate surface area is 317 Å². The first-order chi connectivity index (χ1) is 27.2. The van der Waals surface area contributed by atoms with E-state index in [4.69, 9.17) is 23.8 Å². The first-order valence-corrected chi connectivity index (χ1v) is 19.1. The SMILES string of the molecule is c1ccc2cc(-c3nc(-c4cccc5c4sc4ccccc45)nc(-c4ccc(-c5cccc6oc7ccccc7c56)c5oc6ccccc6c45)n3)ccc2c1. The zero-order chi connectivity index (χ0) is 36.0. The van der Waals surface area contributed by atoms with E-state index in [1.807, 2.05) is 36.4 Å². The third kappa shape index (κ3) is 4.62. The molecule has 0 unspecified atom stereocenters. The van der Waals surface area contributed by atoms with Gasteiger partial charge in [-0.1, -0.05) is 115 Å². The van der Waals surface area contributed by atoms with Gasteiger partial charge in [0.15, 0.2) is 17.5 Å². The zero-order valence-corrected chi connectivity index (χ0v) is 30.0. The molecule has 0 N–H and O–H groups in total. The number of aromatic nitrogens is 3. The van der Waals surface area contributed by atoms with Crippen molar-refractivity contribution < 1.29 is 8.83 Å². The van der Waals surface area contributed by atoms with Gasteiger partial charge in [-0.2, -0.15) is 0 Å². The van der Waals surface area contributed by atoms with Gasteiger partial charge in [0.1, 0.15) is 22.3 Å². The van der Waals surface area contributed by atoms with Crippen molar-refractivity contribution in [3.8, 4) is 45.3 Å². The summed E-state index contributed by atoms with van der Waals surface area (Å²) < 4.78 is 15.5. The van der Waals surface area contributed by atoms with Crippen LogP contribution >= 0.6 is 11.3 Å². The number of nitrogens with zero attached hydrogens (tertiary/aromatic N) is 3. The van der Waals surface area contributed by atoms with Crippen molar-refractivity contribution >= 4 is 86.2 Å². The van der Waals surface area contributed by atoms with E-state index < -0.39 is 0 Å². The number of thiophene rings is 1. The Hall–Kier alpha value is -7.15.